The molecule has 0 fully saturated rings. The van der Waals surface area contributed by atoms with Gasteiger partial charge in [-0.25, -0.2) is 13.1 Å². The maximum Gasteiger partial charge on any atom is 0.240 e. The van der Waals surface area contributed by atoms with Crippen LogP contribution in [0.15, 0.2) is 53.4 Å². The Morgan fingerprint density at radius 1 is 0.964 bits per heavy atom. The van der Waals surface area contributed by atoms with Crippen molar-refractivity contribution >= 4 is 15.9 Å². The van der Waals surface area contributed by atoms with E-state index in [4.69, 9.17) is 4.74 Å². The van der Waals surface area contributed by atoms with Gasteiger partial charge in [-0.2, -0.15) is 0 Å². The Morgan fingerprint density at radius 3 is 2.11 bits per heavy atom. The fourth-order valence-corrected chi connectivity index (χ4v) is 3.63. The second-order valence-electron chi connectivity index (χ2n) is 7.55. The summed E-state index contributed by atoms with van der Waals surface area (Å²) in [5.41, 5.74) is 1.89. The molecule has 2 aromatic rings. The van der Waals surface area contributed by atoms with E-state index in [1.165, 1.54) is 0 Å². The molecule has 0 unspecified atom stereocenters. The van der Waals surface area contributed by atoms with E-state index in [9.17, 15) is 13.2 Å². The monoisotopic (exact) mass is 404 g/mol. The fraction of sp³-hybridized carbons (Fsp3) is 0.381. The molecule has 2 rings (SSSR count). The van der Waals surface area contributed by atoms with E-state index in [1.54, 1.807) is 31.4 Å². The lowest BCUT2D eigenvalue weighted by Crippen LogP contribution is -2.35. The van der Waals surface area contributed by atoms with Crippen molar-refractivity contribution in [2.75, 3.05) is 20.2 Å². The van der Waals surface area contributed by atoms with Crippen molar-refractivity contribution in [3.05, 3.63) is 59.7 Å². The maximum absolute atomic E-state index is 12.4. The van der Waals surface area contributed by atoms with Crippen LogP contribution in [0.1, 0.15) is 31.9 Å². The average Bonchev–Trinajstić information content (AvgIpc) is 2.65. The molecule has 0 spiro atoms. The number of benzene rings is 2. The lowest BCUT2D eigenvalue weighted by Gasteiger charge is -2.19. The third-order valence-corrected chi connectivity index (χ3v) is 5.77. The highest BCUT2D eigenvalue weighted by molar-refractivity contribution is 7.89. The van der Waals surface area contributed by atoms with E-state index < -0.39 is 10.0 Å². The lowest BCUT2D eigenvalue weighted by atomic mass is 9.87. The zero-order chi connectivity index (χ0) is 20.8. The number of nitrogens with one attached hydrogen (secondary N) is 2. The van der Waals surface area contributed by atoms with Crippen molar-refractivity contribution < 1.29 is 17.9 Å². The first-order valence-electron chi connectivity index (χ1n) is 9.12. The summed E-state index contributed by atoms with van der Waals surface area (Å²) < 4.78 is 32.3. The summed E-state index contributed by atoms with van der Waals surface area (Å²) in [4.78, 5) is 12.2. The largest absolute Gasteiger partial charge is 0.497 e. The standard InChI is InChI=1S/C21H28N2O4S/c1-21(2,3)17-7-11-19(12-8-17)28(25,26)23-14-13-22-20(24)15-16-5-9-18(27-4)10-6-16/h5-12,23H,13-15H2,1-4H3,(H,22,24). The second kappa shape index (κ2) is 9.21. The molecule has 0 heterocycles. The minimum atomic E-state index is -3.60. The molecule has 152 valence electrons. The number of sulfonamides is 1. The topological polar surface area (TPSA) is 84.5 Å². The van der Waals surface area contributed by atoms with Crippen LogP contribution in [0, 0.1) is 0 Å². The molecule has 0 bridgehead atoms. The molecule has 0 saturated carbocycles. The molecule has 0 aromatic heterocycles. The zero-order valence-electron chi connectivity index (χ0n) is 16.8. The molecule has 0 aliphatic rings. The van der Waals surface area contributed by atoms with Gasteiger partial charge in [0, 0.05) is 13.1 Å². The minimum absolute atomic E-state index is 0.0378. The number of hydrogen-bond donors (Lipinski definition) is 2. The van der Waals surface area contributed by atoms with E-state index in [0.29, 0.717) is 0 Å². The van der Waals surface area contributed by atoms with Crippen molar-refractivity contribution in [3.63, 3.8) is 0 Å². The third kappa shape index (κ3) is 6.35. The van der Waals surface area contributed by atoms with Gasteiger partial charge in [-0.1, -0.05) is 45.0 Å². The summed E-state index contributed by atoms with van der Waals surface area (Å²) in [6, 6.07) is 14.1. The molecule has 7 heteroatoms. The van der Waals surface area contributed by atoms with Crippen LogP contribution in [0.5, 0.6) is 5.75 Å². The van der Waals surface area contributed by atoms with Crippen LogP contribution in [-0.2, 0) is 26.7 Å². The number of amides is 1. The highest BCUT2D eigenvalue weighted by Gasteiger charge is 2.17. The van der Waals surface area contributed by atoms with Crippen LogP contribution in [0.25, 0.3) is 0 Å². The Kier molecular flexibility index (Phi) is 7.21. The molecular weight excluding hydrogens is 376 g/mol. The Morgan fingerprint density at radius 2 is 1.57 bits per heavy atom. The van der Waals surface area contributed by atoms with Crippen molar-refractivity contribution in [1.29, 1.82) is 0 Å². The fourth-order valence-electron chi connectivity index (χ4n) is 2.60. The summed E-state index contributed by atoms with van der Waals surface area (Å²) in [7, 11) is -2.02. The lowest BCUT2D eigenvalue weighted by molar-refractivity contribution is -0.120. The molecule has 0 aliphatic heterocycles. The molecule has 0 radical (unpaired) electrons. The first-order valence-corrected chi connectivity index (χ1v) is 10.6. The number of carbonyl (C=O) groups is 1. The van der Waals surface area contributed by atoms with Gasteiger partial charge in [0.15, 0.2) is 0 Å². The van der Waals surface area contributed by atoms with Crippen molar-refractivity contribution in [2.45, 2.75) is 37.5 Å². The first-order chi connectivity index (χ1) is 13.1. The van der Waals surface area contributed by atoms with Crippen LogP contribution in [0.2, 0.25) is 0 Å². The van der Waals surface area contributed by atoms with Crippen LogP contribution in [0.3, 0.4) is 0 Å². The van der Waals surface area contributed by atoms with Crippen LogP contribution >= 0.6 is 0 Å². The van der Waals surface area contributed by atoms with Gasteiger partial charge >= 0.3 is 0 Å². The van der Waals surface area contributed by atoms with Crippen LogP contribution in [0.4, 0.5) is 0 Å². The maximum atomic E-state index is 12.4. The third-order valence-electron chi connectivity index (χ3n) is 4.29. The summed E-state index contributed by atoms with van der Waals surface area (Å²) in [6.45, 7) is 6.56. The van der Waals surface area contributed by atoms with Gasteiger partial charge in [-0.15, -0.1) is 0 Å². The summed E-state index contributed by atoms with van der Waals surface area (Å²) >= 11 is 0. The van der Waals surface area contributed by atoms with Gasteiger partial charge < -0.3 is 10.1 Å². The van der Waals surface area contributed by atoms with E-state index >= 15 is 0 Å². The summed E-state index contributed by atoms with van der Waals surface area (Å²) in [5.74, 6) is 0.563. The highest BCUT2D eigenvalue weighted by atomic mass is 32.2. The molecule has 2 aromatic carbocycles. The number of methoxy groups -OCH3 is 1. The Bertz CT molecular complexity index is 883. The van der Waals surface area contributed by atoms with Crippen LogP contribution < -0.4 is 14.8 Å². The van der Waals surface area contributed by atoms with Gasteiger partial charge in [-0.05, 0) is 40.8 Å². The van der Waals surface area contributed by atoms with Crippen LogP contribution in [-0.4, -0.2) is 34.5 Å². The van der Waals surface area contributed by atoms with Crippen molar-refractivity contribution in [2.24, 2.45) is 0 Å². The molecule has 0 atom stereocenters. The smallest absolute Gasteiger partial charge is 0.240 e. The van der Waals surface area contributed by atoms with E-state index in [-0.39, 0.29) is 35.7 Å². The van der Waals surface area contributed by atoms with E-state index in [2.05, 4.69) is 30.8 Å². The molecule has 2 N–H and O–H groups in total. The molecule has 0 saturated heterocycles. The Balaban J connectivity index is 1.80. The van der Waals surface area contributed by atoms with Gasteiger partial charge in [0.05, 0.1) is 18.4 Å². The number of ether oxygens (including phenoxy) is 1. The second-order valence-corrected chi connectivity index (χ2v) is 9.31. The van der Waals surface area contributed by atoms with Gasteiger partial charge in [0.1, 0.15) is 5.75 Å². The van der Waals surface area contributed by atoms with Gasteiger partial charge in [-0.3, -0.25) is 4.79 Å². The zero-order valence-corrected chi connectivity index (χ0v) is 17.6. The molecule has 28 heavy (non-hydrogen) atoms. The Hall–Kier alpha value is -2.38. The van der Waals surface area contributed by atoms with E-state index in [1.807, 2.05) is 24.3 Å². The number of carbonyl (C=O) groups excluding carboxylic acids is 1. The molecule has 6 nitrogen and oxygen atoms in total. The average molecular weight is 405 g/mol. The van der Waals surface area contributed by atoms with Crippen molar-refractivity contribution in [3.8, 4) is 5.75 Å². The van der Waals surface area contributed by atoms with Gasteiger partial charge in [0.25, 0.3) is 0 Å². The van der Waals surface area contributed by atoms with Crippen molar-refractivity contribution in [1.82, 2.24) is 10.0 Å². The predicted molar refractivity (Wildman–Crippen MR) is 110 cm³/mol. The van der Waals surface area contributed by atoms with E-state index in [0.717, 1.165) is 16.9 Å². The predicted octanol–water partition coefficient (Wildman–Crippen LogP) is 2.63. The summed E-state index contributed by atoms with van der Waals surface area (Å²) in [5, 5.41) is 2.72. The highest BCUT2D eigenvalue weighted by Crippen LogP contribution is 2.23. The Labute approximate surface area is 167 Å². The normalized spacial score (nSPS) is 11.9. The number of rotatable bonds is 8. The van der Waals surface area contributed by atoms with Gasteiger partial charge in [0.2, 0.25) is 15.9 Å². The molecular formula is C21H28N2O4S. The molecule has 0 aliphatic carbocycles. The quantitative estimate of drug-likeness (QED) is 0.663. The SMILES string of the molecule is COc1ccc(CC(=O)NCCNS(=O)(=O)c2ccc(C(C)(C)C)cc2)cc1. The summed E-state index contributed by atoms with van der Waals surface area (Å²) in [6.07, 6.45) is 0.227. The molecule has 1 amide bonds. The minimum Gasteiger partial charge on any atom is -0.497 e. The first kappa shape index (κ1) is 21.9. The number of hydrogen-bond acceptors (Lipinski definition) is 4.